The summed E-state index contributed by atoms with van der Waals surface area (Å²) in [6.07, 6.45) is -1.74. The second-order valence-corrected chi connectivity index (χ2v) is 14.5. The van der Waals surface area contributed by atoms with Crippen LogP contribution in [0.1, 0.15) is 41.5 Å². The summed E-state index contributed by atoms with van der Waals surface area (Å²) in [5.41, 5.74) is 1.68. The molecule has 6 rings (SSSR count). The number of carboxylic acids is 1. The number of alkyl halides is 3. The number of carbonyl (C=O) groups is 1. The summed E-state index contributed by atoms with van der Waals surface area (Å²) in [5, 5.41) is 14.8. The number of hydrogen-bond acceptors (Lipinski definition) is 10. The van der Waals surface area contributed by atoms with E-state index in [9.17, 15) is 23.1 Å². The number of benzene rings is 2. The lowest BCUT2D eigenvalue weighted by molar-refractivity contribution is -0.145. The molecule has 1 N–H and O–H groups in total. The van der Waals surface area contributed by atoms with E-state index in [4.69, 9.17) is 25.8 Å². The van der Waals surface area contributed by atoms with Crippen LogP contribution in [-0.4, -0.2) is 93.1 Å². The van der Waals surface area contributed by atoms with Crippen LogP contribution in [0.2, 0.25) is 5.02 Å². The van der Waals surface area contributed by atoms with Gasteiger partial charge < -0.3 is 24.2 Å². The van der Waals surface area contributed by atoms with Gasteiger partial charge in [-0.1, -0.05) is 49.2 Å². The fraction of sp³-hybridized carbons (Fsp3) is 0.421. The Kier molecular flexibility index (Phi) is 12.6. The number of aromatic nitrogens is 4. The summed E-state index contributed by atoms with van der Waals surface area (Å²) in [4.78, 5) is 24.6. The molecule has 0 amide bonds. The number of halogens is 4. The molecule has 0 aliphatic carbocycles. The summed E-state index contributed by atoms with van der Waals surface area (Å²) in [5.74, 6) is -0.838. The van der Waals surface area contributed by atoms with Crippen LogP contribution >= 0.6 is 22.9 Å². The van der Waals surface area contributed by atoms with Gasteiger partial charge in [0.25, 0.3) is 0 Å². The molecule has 0 bridgehead atoms. The molecule has 1 saturated heterocycles. The van der Waals surface area contributed by atoms with Gasteiger partial charge in [-0.25, -0.2) is 14.8 Å². The Bertz CT molecular complexity index is 2070. The van der Waals surface area contributed by atoms with Gasteiger partial charge in [0.1, 0.15) is 40.7 Å². The molecule has 1 fully saturated rings. The highest BCUT2D eigenvalue weighted by Crippen LogP contribution is 2.50. The lowest BCUT2D eigenvalue weighted by Gasteiger charge is -2.32. The Balaban J connectivity index is 1.28. The second kappa shape index (κ2) is 17.4. The van der Waals surface area contributed by atoms with Gasteiger partial charge in [-0.15, -0.1) is 11.3 Å². The molecule has 0 radical (unpaired) electrons. The van der Waals surface area contributed by atoms with Gasteiger partial charge >= 0.3 is 12.1 Å². The quantitative estimate of drug-likeness (QED) is 0.107. The van der Waals surface area contributed by atoms with E-state index in [1.807, 2.05) is 10.7 Å². The van der Waals surface area contributed by atoms with E-state index >= 15 is 0 Å². The van der Waals surface area contributed by atoms with Gasteiger partial charge in [0.05, 0.1) is 16.1 Å². The first-order valence-electron chi connectivity index (χ1n) is 17.7. The lowest BCUT2D eigenvalue weighted by Crippen LogP contribution is -2.45. The molecule has 288 valence electrons. The molecule has 1 aliphatic heterocycles. The number of thiophene rings is 1. The zero-order valence-corrected chi connectivity index (χ0v) is 31.8. The molecule has 2 aromatic carbocycles. The molecule has 16 heteroatoms. The smallest absolute Gasteiger partial charge is 0.426 e. The summed E-state index contributed by atoms with van der Waals surface area (Å²) in [7, 11) is 2.08. The summed E-state index contributed by atoms with van der Waals surface area (Å²) >= 11 is 7.18. The molecule has 11 nitrogen and oxygen atoms in total. The highest BCUT2D eigenvalue weighted by molar-refractivity contribution is 7.19. The fourth-order valence-electron chi connectivity index (χ4n) is 6.32. The molecule has 54 heavy (non-hydrogen) atoms. The predicted molar refractivity (Wildman–Crippen MR) is 201 cm³/mol. The largest absolute Gasteiger partial charge is 0.491 e. The van der Waals surface area contributed by atoms with Crippen molar-refractivity contribution in [3.05, 3.63) is 81.7 Å². The number of rotatable bonds is 16. The zero-order chi connectivity index (χ0) is 38.4. The molecule has 4 heterocycles. The molecular weight excluding hydrogens is 745 g/mol. The molecule has 5 aromatic rings. The van der Waals surface area contributed by atoms with Crippen molar-refractivity contribution in [2.45, 2.75) is 58.5 Å². The minimum atomic E-state index is -4.77. The Labute approximate surface area is 320 Å². The number of nitrogens with zero attached hydrogens (tertiary/aromatic N) is 6. The van der Waals surface area contributed by atoms with Crippen molar-refractivity contribution < 1.29 is 37.3 Å². The van der Waals surface area contributed by atoms with Crippen LogP contribution in [0, 0.1) is 6.92 Å². The molecule has 1 unspecified atom stereocenters. The van der Waals surface area contributed by atoms with Gasteiger partial charge in [-0.3, -0.25) is 9.58 Å². The lowest BCUT2D eigenvalue weighted by atomic mass is 9.98. The number of para-hydroxylation sites is 1. The maximum absolute atomic E-state index is 14.7. The van der Waals surface area contributed by atoms with E-state index in [0.717, 1.165) is 57.6 Å². The number of piperazine rings is 1. The average Bonchev–Trinajstić information content (AvgIpc) is 3.78. The zero-order valence-electron chi connectivity index (χ0n) is 30.2. The second-order valence-electron chi connectivity index (χ2n) is 13.2. The fourth-order valence-corrected chi connectivity index (χ4v) is 7.56. The van der Waals surface area contributed by atoms with Crippen molar-refractivity contribution in [1.29, 1.82) is 0 Å². The predicted octanol–water partition coefficient (Wildman–Crippen LogP) is 7.62. The maximum Gasteiger partial charge on any atom is 0.426 e. The third-order valence-electron chi connectivity index (χ3n) is 9.40. The minimum Gasteiger partial charge on any atom is -0.491 e. The summed E-state index contributed by atoms with van der Waals surface area (Å²) in [6.45, 7) is 9.45. The van der Waals surface area contributed by atoms with Crippen LogP contribution in [0.15, 0.2) is 55.0 Å². The van der Waals surface area contributed by atoms with Crippen molar-refractivity contribution in [3.63, 3.8) is 0 Å². The number of carboxylic acid groups (broad SMARTS) is 1. The number of fused-ring (bicyclic) bond motifs is 1. The van der Waals surface area contributed by atoms with Gasteiger partial charge in [-0.2, -0.15) is 18.3 Å². The summed E-state index contributed by atoms with van der Waals surface area (Å²) in [6, 6.07) is 11.9. The number of likely N-dealkylation sites (N-methyl/N-ethyl adjacent to an activating group) is 1. The molecule has 1 atom stereocenters. The van der Waals surface area contributed by atoms with E-state index in [2.05, 4.69) is 38.8 Å². The highest BCUT2D eigenvalue weighted by atomic mass is 35.5. The molecular formula is C38H42ClF3N6O5S. The minimum absolute atomic E-state index is 0.0158. The first kappa shape index (κ1) is 39.3. The first-order valence-corrected chi connectivity index (χ1v) is 18.9. The third-order valence-corrected chi connectivity index (χ3v) is 11.0. The van der Waals surface area contributed by atoms with Gasteiger partial charge in [0, 0.05) is 57.4 Å². The Hall–Kier alpha value is -4.44. The molecule has 3 aromatic heterocycles. The van der Waals surface area contributed by atoms with E-state index in [1.165, 1.54) is 6.07 Å². The van der Waals surface area contributed by atoms with E-state index < -0.39 is 23.1 Å². The highest BCUT2D eigenvalue weighted by Gasteiger charge is 2.39. The van der Waals surface area contributed by atoms with Gasteiger partial charge in [-0.05, 0) is 55.3 Å². The van der Waals surface area contributed by atoms with Crippen LogP contribution in [0.4, 0.5) is 13.2 Å². The number of unbranched alkanes of at least 4 members (excludes halogenated alkanes) is 1. The van der Waals surface area contributed by atoms with Crippen LogP contribution in [-0.2, 0) is 30.5 Å². The molecule has 1 aliphatic rings. The van der Waals surface area contributed by atoms with Crippen LogP contribution < -0.4 is 14.2 Å². The Morgan fingerprint density at radius 3 is 2.56 bits per heavy atom. The number of ether oxygens (including phenoxy) is 3. The van der Waals surface area contributed by atoms with Crippen molar-refractivity contribution in [3.8, 4) is 28.5 Å². The number of aryl methyl sites for hydroxylation is 1. The van der Waals surface area contributed by atoms with Crippen molar-refractivity contribution in [1.82, 2.24) is 29.5 Å². The monoisotopic (exact) mass is 786 g/mol. The van der Waals surface area contributed by atoms with Crippen molar-refractivity contribution in [2.75, 3.05) is 46.4 Å². The third kappa shape index (κ3) is 9.08. The maximum atomic E-state index is 14.7. The number of aliphatic carboxylic acids is 1. The van der Waals surface area contributed by atoms with E-state index in [-0.39, 0.29) is 45.3 Å². The van der Waals surface area contributed by atoms with E-state index in [0.29, 0.717) is 47.1 Å². The molecule has 0 spiro atoms. The van der Waals surface area contributed by atoms with Crippen molar-refractivity contribution in [2.24, 2.45) is 0 Å². The SMILES string of the molecule is CCCCn1nccc1COc1ccccc1CC(Oc1ncnc2sc(C(F)(F)F)c(-c3ccc(OCCN4CCN(C)CC4)c(Cl)c3C)c12)C(=O)O. The Morgan fingerprint density at radius 2 is 1.81 bits per heavy atom. The van der Waals surface area contributed by atoms with Crippen LogP contribution in [0.5, 0.6) is 17.4 Å². The topological polar surface area (TPSA) is 115 Å². The Morgan fingerprint density at radius 1 is 1.04 bits per heavy atom. The standard InChI is InChI=1S/C38H42ClF3N6O5S/c1-4-5-14-48-26(12-13-45-48)22-52-28-9-7-6-8-25(28)21-30(37(49)50)53-35-32-31(34(38(40,41)42)54-36(32)44-23-43-35)27-10-11-29(33(39)24(27)2)51-20-19-47-17-15-46(3)16-18-47/h6-13,23,30H,4-5,14-22H2,1-3H3,(H,49,50). The van der Waals surface area contributed by atoms with E-state index in [1.54, 1.807) is 43.5 Å². The van der Waals surface area contributed by atoms with Crippen LogP contribution in [0.3, 0.4) is 0 Å². The van der Waals surface area contributed by atoms with Crippen molar-refractivity contribution >= 4 is 39.1 Å². The summed E-state index contributed by atoms with van der Waals surface area (Å²) < 4.78 is 64.1. The number of hydrogen-bond donors (Lipinski definition) is 1. The van der Waals surface area contributed by atoms with Crippen LogP contribution in [0.25, 0.3) is 21.3 Å². The van der Waals surface area contributed by atoms with Gasteiger partial charge in [0.2, 0.25) is 12.0 Å². The normalized spacial score (nSPS) is 14.7. The van der Waals surface area contributed by atoms with Gasteiger partial charge in [0.15, 0.2) is 0 Å². The first-order chi connectivity index (χ1) is 25.9. The molecule has 0 saturated carbocycles. The average molecular weight is 787 g/mol.